The van der Waals surface area contributed by atoms with Crippen LogP contribution in [-0.2, 0) is 6.42 Å². The van der Waals surface area contributed by atoms with Crippen molar-refractivity contribution in [1.82, 2.24) is 10.6 Å². The highest BCUT2D eigenvalue weighted by atomic mass is 16.5. The van der Waals surface area contributed by atoms with Gasteiger partial charge in [0.2, 0.25) is 0 Å². The lowest BCUT2D eigenvalue weighted by Gasteiger charge is -2.23. The SMILES string of the molecule is CCNC(=NCCc1cccc(OC)c1O)NC(C)(C)C. The molecule has 0 saturated carbocycles. The Morgan fingerprint density at radius 2 is 2.05 bits per heavy atom. The molecule has 0 aliphatic rings. The molecule has 0 aliphatic carbocycles. The lowest BCUT2D eigenvalue weighted by molar-refractivity contribution is 0.370. The van der Waals surface area contributed by atoms with Crippen LogP contribution in [0.3, 0.4) is 0 Å². The summed E-state index contributed by atoms with van der Waals surface area (Å²) in [7, 11) is 1.55. The average Bonchev–Trinajstić information content (AvgIpc) is 2.39. The molecule has 1 rings (SSSR count). The van der Waals surface area contributed by atoms with Gasteiger partial charge >= 0.3 is 0 Å². The molecule has 1 aromatic rings. The van der Waals surface area contributed by atoms with E-state index < -0.39 is 0 Å². The van der Waals surface area contributed by atoms with Crippen molar-refractivity contribution in [3.63, 3.8) is 0 Å². The fourth-order valence-corrected chi connectivity index (χ4v) is 1.88. The Balaban J connectivity index is 2.70. The first kappa shape index (κ1) is 17.1. The minimum atomic E-state index is -0.0426. The van der Waals surface area contributed by atoms with Crippen LogP contribution < -0.4 is 15.4 Å². The number of nitrogens with one attached hydrogen (secondary N) is 2. The Bertz CT molecular complexity index is 479. The van der Waals surface area contributed by atoms with Gasteiger partial charge in [-0.15, -0.1) is 0 Å². The van der Waals surface area contributed by atoms with Gasteiger partial charge in [-0.2, -0.15) is 0 Å². The second-order valence-corrected chi connectivity index (χ2v) is 5.85. The van der Waals surface area contributed by atoms with Gasteiger partial charge in [-0.3, -0.25) is 4.99 Å². The van der Waals surface area contributed by atoms with Gasteiger partial charge in [-0.25, -0.2) is 0 Å². The first-order valence-electron chi connectivity index (χ1n) is 7.28. The average molecular weight is 293 g/mol. The van der Waals surface area contributed by atoms with E-state index >= 15 is 0 Å². The van der Waals surface area contributed by atoms with Crippen LogP contribution in [0, 0.1) is 0 Å². The molecule has 0 heterocycles. The predicted octanol–water partition coefficient (Wildman–Crippen LogP) is 2.30. The second-order valence-electron chi connectivity index (χ2n) is 5.85. The van der Waals surface area contributed by atoms with Crippen molar-refractivity contribution >= 4 is 5.96 Å². The lowest BCUT2D eigenvalue weighted by Crippen LogP contribution is -2.47. The van der Waals surface area contributed by atoms with Crippen LogP contribution in [0.2, 0.25) is 0 Å². The molecule has 0 bridgehead atoms. The summed E-state index contributed by atoms with van der Waals surface area (Å²) in [6.45, 7) is 9.71. The number of benzene rings is 1. The van der Waals surface area contributed by atoms with Crippen LogP contribution in [0.25, 0.3) is 0 Å². The van der Waals surface area contributed by atoms with Gasteiger partial charge in [0.1, 0.15) is 0 Å². The van der Waals surface area contributed by atoms with Gasteiger partial charge in [0.05, 0.1) is 7.11 Å². The number of guanidine groups is 1. The highest BCUT2D eigenvalue weighted by Crippen LogP contribution is 2.29. The van der Waals surface area contributed by atoms with Crippen LogP contribution >= 0.6 is 0 Å². The van der Waals surface area contributed by atoms with Crippen molar-refractivity contribution in [3.8, 4) is 11.5 Å². The molecule has 0 saturated heterocycles. The summed E-state index contributed by atoms with van der Waals surface area (Å²) in [6.07, 6.45) is 0.656. The molecule has 1 aromatic carbocycles. The van der Waals surface area contributed by atoms with E-state index in [0.717, 1.165) is 18.1 Å². The van der Waals surface area contributed by atoms with Gasteiger partial charge in [-0.05, 0) is 45.7 Å². The Morgan fingerprint density at radius 3 is 2.62 bits per heavy atom. The van der Waals surface area contributed by atoms with Gasteiger partial charge in [0.25, 0.3) is 0 Å². The molecule has 21 heavy (non-hydrogen) atoms. The van der Waals surface area contributed by atoms with Crippen molar-refractivity contribution in [2.45, 2.75) is 39.7 Å². The first-order chi connectivity index (χ1) is 9.87. The van der Waals surface area contributed by atoms with E-state index in [1.54, 1.807) is 13.2 Å². The van der Waals surface area contributed by atoms with Crippen molar-refractivity contribution in [3.05, 3.63) is 23.8 Å². The fourth-order valence-electron chi connectivity index (χ4n) is 1.88. The maximum atomic E-state index is 10.0. The van der Waals surface area contributed by atoms with Crippen LogP contribution in [0.5, 0.6) is 11.5 Å². The molecular formula is C16H27N3O2. The molecule has 0 radical (unpaired) electrons. The summed E-state index contributed by atoms with van der Waals surface area (Å²) in [6, 6.07) is 5.50. The summed E-state index contributed by atoms with van der Waals surface area (Å²) in [5, 5.41) is 16.6. The maximum Gasteiger partial charge on any atom is 0.191 e. The van der Waals surface area contributed by atoms with Crippen molar-refractivity contribution < 1.29 is 9.84 Å². The zero-order valence-electron chi connectivity index (χ0n) is 13.7. The Labute approximate surface area is 127 Å². The Morgan fingerprint density at radius 1 is 1.33 bits per heavy atom. The highest BCUT2D eigenvalue weighted by molar-refractivity contribution is 5.80. The van der Waals surface area contributed by atoms with Gasteiger partial charge < -0.3 is 20.5 Å². The maximum absolute atomic E-state index is 10.0. The summed E-state index contributed by atoms with van der Waals surface area (Å²) in [5.74, 6) is 1.48. The molecule has 3 N–H and O–H groups in total. The van der Waals surface area contributed by atoms with Gasteiger partial charge in [0, 0.05) is 18.6 Å². The summed E-state index contributed by atoms with van der Waals surface area (Å²) in [4.78, 5) is 4.53. The zero-order valence-corrected chi connectivity index (χ0v) is 13.7. The van der Waals surface area contributed by atoms with Crippen LogP contribution in [0.15, 0.2) is 23.2 Å². The minimum absolute atomic E-state index is 0.0426. The molecule has 0 atom stereocenters. The third-order valence-corrected chi connectivity index (χ3v) is 2.79. The third-order valence-electron chi connectivity index (χ3n) is 2.79. The minimum Gasteiger partial charge on any atom is -0.504 e. The summed E-state index contributed by atoms with van der Waals surface area (Å²) in [5.41, 5.74) is 0.795. The second kappa shape index (κ2) is 7.76. The molecule has 0 fully saturated rings. The van der Waals surface area contributed by atoms with E-state index in [9.17, 15) is 5.11 Å². The number of nitrogens with zero attached hydrogens (tertiary/aromatic N) is 1. The van der Waals surface area contributed by atoms with Crippen molar-refractivity contribution in [2.75, 3.05) is 20.2 Å². The van der Waals surface area contributed by atoms with Gasteiger partial charge in [-0.1, -0.05) is 12.1 Å². The number of hydrogen-bond donors (Lipinski definition) is 3. The van der Waals surface area contributed by atoms with Crippen LogP contribution in [0.4, 0.5) is 0 Å². The Kier molecular flexibility index (Phi) is 6.34. The topological polar surface area (TPSA) is 65.9 Å². The van der Waals surface area contributed by atoms with E-state index in [-0.39, 0.29) is 11.3 Å². The molecule has 0 amide bonds. The number of methoxy groups -OCH3 is 1. The number of ether oxygens (including phenoxy) is 1. The molecular weight excluding hydrogens is 266 g/mol. The summed E-state index contributed by atoms with van der Waals surface area (Å²) < 4.78 is 5.11. The quantitative estimate of drug-likeness (QED) is 0.576. The molecule has 118 valence electrons. The molecule has 0 aliphatic heterocycles. The van der Waals surface area contributed by atoms with E-state index in [4.69, 9.17) is 4.74 Å². The standard InChI is InChI=1S/C16H27N3O2/c1-6-17-15(19-16(2,3)4)18-11-10-12-8-7-9-13(21-5)14(12)20/h7-9,20H,6,10-11H2,1-5H3,(H2,17,18,19). The number of phenolic OH excluding ortho intramolecular Hbond substituents is 1. The number of rotatable bonds is 5. The van der Waals surface area contributed by atoms with Crippen molar-refractivity contribution in [2.24, 2.45) is 4.99 Å². The van der Waals surface area contributed by atoms with E-state index in [2.05, 4.69) is 36.4 Å². The van der Waals surface area contributed by atoms with Gasteiger partial charge in [0.15, 0.2) is 17.5 Å². The van der Waals surface area contributed by atoms with Crippen LogP contribution in [-0.4, -0.2) is 36.8 Å². The van der Waals surface area contributed by atoms with Crippen LogP contribution in [0.1, 0.15) is 33.3 Å². The van der Waals surface area contributed by atoms with Crippen molar-refractivity contribution in [1.29, 1.82) is 0 Å². The number of phenols is 1. The molecule has 0 unspecified atom stereocenters. The fraction of sp³-hybridized carbons (Fsp3) is 0.562. The Hall–Kier alpha value is -1.91. The van der Waals surface area contributed by atoms with E-state index in [1.165, 1.54) is 0 Å². The molecule has 0 aromatic heterocycles. The third kappa shape index (κ3) is 5.94. The monoisotopic (exact) mass is 293 g/mol. The molecule has 0 spiro atoms. The predicted molar refractivity (Wildman–Crippen MR) is 87.2 cm³/mol. The number of aliphatic imine (C=N–C) groups is 1. The first-order valence-corrected chi connectivity index (χ1v) is 7.28. The number of para-hydroxylation sites is 1. The smallest absolute Gasteiger partial charge is 0.191 e. The zero-order chi connectivity index (χ0) is 15.9. The molecule has 5 heteroatoms. The molecule has 5 nitrogen and oxygen atoms in total. The summed E-state index contributed by atoms with van der Waals surface area (Å²) >= 11 is 0. The lowest BCUT2D eigenvalue weighted by atomic mass is 10.1. The number of hydrogen-bond acceptors (Lipinski definition) is 3. The largest absolute Gasteiger partial charge is 0.504 e. The van der Waals surface area contributed by atoms with E-state index in [0.29, 0.717) is 18.7 Å². The van der Waals surface area contributed by atoms with E-state index in [1.807, 2.05) is 19.1 Å². The highest BCUT2D eigenvalue weighted by Gasteiger charge is 2.12. The number of aromatic hydroxyl groups is 1. The normalized spacial score (nSPS) is 12.1.